The van der Waals surface area contributed by atoms with Gasteiger partial charge in [0, 0.05) is 67.1 Å². The van der Waals surface area contributed by atoms with Crippen LogP contribution in [0.3, 0.4) is 0 Å². The van der Waals surface area contributed by atoms with Crippen LogP contribution in [0.25, 0.3) is 32.9 Å². The van der Waals surface area contributed by atoms with Crippen LogP contribution in [-0.4, -0.2) is 75.7 Å². The normalized spacial score (nSPS) is 24.0. The number of fused-ring (bicyclic) bond motifs is 4. The Labute approximate surface area is 284 Å². The van der Waals surface area contributed by atoms with Crippen LogP contribution in [0.1, 0.15) is 31.2 Å². The number of hydrogen-bond donors (Lipinski definition) is 2. The Balaban J connectivity index is 0.000000318. The van der Waals surface area contributed by atoms with Gasteiger partial charge in [0.05, 0.1) is 23.2 Å². The van der Waals surface area contributed by atoms with Crippen LogP contribution in [0, 0.1) is 67.0 Å². The molecule has 2 aromatic carbocycles. The van der Waals surface area contributed by atoms with Gasteiger partial charge in [-0.1, -0.05) is 12.3 Å². The molecule has 3 saturated heterocycles. The Kier molecular flexibility index (Phi) is 9.07. The summed E-state index contributed by atoms with van der Waals surface area (Å²) >= 11 is 0. The maximum atomic E-state index is 16.0. The van der Waals surface area contributed by atoms with E-state index in [1.165, 1.54) is 30.8 Å². The molecule has 238 valence electrons. The van der Waals surface area contributed by atoms with E-state index >= 15 is 4.39 Å². The van der Waals surface area contributed by atoms with E-state index in [-0.39, 0.29) is 75.6 Å². The summed E-state index contributed by atoms with van der Waals surface area (Å²) in [7, 11) is 0. The van der Waals surface area contributed by atoms with E-state index in [1.807, 2.05) is 0 Å². The fourth-order valence-corrected chi connectivity index (χ4v) is 6.69. The van der Waals surface area contributed by atoms with Gasteiger partial charge >= 0.3 is 6.01 Å². The Hall–Kier alpha value is -3.23. The fourth-order valence-electron chi connectivity index (χ4n) is 6.69. The zero-order chi connectivity index (χ0) is 31.6. The van der Waals surface area contributed by atoms with Gasteiger partial charge in [-0.25, -0.2) is 28.0 Å². The first-order valence-corrected chi connectivity index (χ1v) is 14.7. The van der Waals surface area contributed by atoms with Crippen molar-refractivity contribution < 1.29 is 62.9 Å². The molecule has 0 amide bonds. The number of aromatic hydroxyl groups is 1. The van der Waals surface area contributed by atoms with Crippen molar-refractivity contribution in [2.75, 3.05) is 36.9 Å². The number of benzene rings is 2. The van der Waals surface area contributed by atoms with Crippen molar-refractivity contribution in [2.24, 2.45) is 0 Å². The number of hydrogen-bond acceptors (Lipinski definition) is 8. The number of pyridine rings is 1. The number of aromatic nitrogens is 3. The van der Waals surface area contributed by atoms with Crippen LogP contribution in [0.5, 0.6) is 6.01 Å². The van der Waals surface area contributed by atoms with Crippen molar-refractivity contribution in [1.82, 2.24) is 19.9 Å². The smallest absolute Gasteiger partial charge is 0.316 e. The molecule has 46 heavy (non-hydrogen) atoms. The predicted molar refractivity (Wildman–Crippen MR) is 158 cm³/mol. The maximum absolute atomic E-state index is 16.0. The molecule has 3 N–H and O–H groups in total. The number of alkyl halides is 2. The second-order valence-electron chi connectivity index (χ2n) is 11.6. The quantitative estimate of drug-likeness (QED) is 0.123. The molecule has 0 radical (unpaired) electrons. The molecule has 4 fully saturated rings. The third-order valence-electron chi connectivity index (χ3n) is 8.74. The van der Waals surface area contributed by atoms with Gasteiger partial charge in [0.15, 0.2) is 23.6 Å². The Bertz CT molecular complexity index is 1860. The molecule has 14 heteroatoms. The maximum Gasteiger partial charge on any atom is 0.316 e. The van der Waals surface area contributed by atoms with Gasteiger partial charge in [-0.15, -0.1) is 12.8 Å². The second-order valence-corrected chi connectivity index (χ2v) is 11.6. The van der Waals surface area contributed by atoms with Gasteiger partial charge in [0.25, 0.3) is 0 Å². The van der Waals surface area contributed by atoms with E-state index in [4.69, 9.17) is 16.9 Å². The van der Waals surface area contributed by atoms with Gasteiger partial charge in [0.1, 0.15) is 23.1 Å². The average Bonchev–Trinajstić information content (AvgIpc) is 3.31. The fraction of sp³-hybridized carbons (Fsp3) is 0.375. The minimum atomic E-state index is -1.26. The van der Waals surface area contributed by atoms with Crippen LogP contribution in [-0.2, 0) is 4.74 Å². The number of terminal acetylenes is 1. The van der Waals surface area contributed by atoms with Crippen molar-refractivity contribution >= 4 is 33.2 Å². The van der Waals surface area contributed by atoms with E-state index in [0.717, 1.165) is 25.5 Å². The molecule has 4 aromatic rings. The predicted octanol–water partition coefficient (Wildman–Crippen LogP) is 5.20. The van der Waals surface area contributed by atoms with E-state index in [0.29, 0.717) is 26.1 Å². The Morgan fingerprint density at radius 1 is 1.09 bits per heavy atom. The van der Waals surface area contributed by atoms with Crippen LogP contribution in [0.15, 0.2) is 24.4 Å². The molecule has 0 unspecified atom stereocenters. The van der Waals surface area contributed by atoms with Crippen LogP contribution >= 0.6 is 0 Å². The first-order chi connectivity index (χ1) is 21.7. The molecule has 4 aliphatic rings. The van der Waals surface area contributed by atoms with Crippen molar-refractivity contribution in [1.29, 1.82) is 0 Å². The van der Waals surface area contributed by atoms with Gasteiger partial charge in [0.2, 0.25) is 0 Å². The third-order valence-corrected chi connectivity index (χ3v) is 8.74. The third kappa shape index (κ3) is 5.66. The van der Waals surface area contributed by atoms with E-state index in [1.54, 1.807) is 4.90 Å². The average molecular weight is 862 g/mol. The zero-order valence-electron chi connectivity index (χ0n) is 24.4. The van der Waals surface area contributed by atoms with Crippen molar-refractivity contribution in [3.8, 4) is 29.6 Å². The first-order valence-electron chi connectivity index (χ1n) is 14.7. The molecule has 5 heterocycles. The van der Waals surface area contributed by atoms with Crippen LogP contribution in [0.2, 0.25) is 0 Å². The minimum Gasteiger partial charge on any atom is -0.479 e. The number of nitrogens with zero attached hydrogens (tertiary/aromatic N) is 5. The molecule has 0 bridgehead atoms. The van der Waals surface area contributed by atoms with Crippen molar-refractivity contribution in [2.45, 2.75) is 50.2 Å². The molecule has 3 aliphatic heterocycles. The summed E-state index contributed by atoms with van der Waals surface area (Å²) in [5.74, 6) is -1.17. The van der Waals surface area contributed by atoms with Crippen molar-refractivity contribution in [3.05, 3.63) is 53.5 Å². The summed E-state index contributed by atoms with van der Waals surface area (Å²) in [6, 6.07) is 3.66. The largest absolute Gasteiger partial charge is 0.479 e. The monoisotopic (exact) mass is 861 g/mol. The first kappa shape index (κ1) is 32.7. The van der Waals surface area contributed by atoms with Crippen LogP contribution in [0.4, 0.5) is 33.5 Å². The number of rotatable bonds is 2. The topological polar surface area (TPSA) is 101 Å². The summed E-state index contributed by atoms with van der Waals surface area (Å²) in [4.78, 5) is 15.9. The number of nitrogen functional groups attached to an aromatic ring is 1. The molecule has 0 spiro atoms. The number of anilines is 2. The molecule has 8 nitrogen and oxygen atoms in total. The van der Waals surface area contributed by atoms with E-state index < -0.39 is 53.5 Å². The summed E-state index contributed by atoms with van der Waals surface area (Å²) < 4.78 is 77.0. The second kappa shape index (κ2) is 12.8. The summed E-state index contributed by atoms with van der Waals surface area (Å²) in [5, 5.41) is 10.6. The SMILES string of the molecule is C#Cc1c(F)c(F)cc2cc(N)cc(-c3ncc4c(N5CCCO[C@H]6[C@@H](F)[C@H]65)nc(O)nc4c3F)c12.F[C@@H]1C[C-]2CCCN2C1.[U]. The summed E-state index contributed by atoms with van der Waals surface area (Å²) in [5.41, 5.74) is 5.12. The molecule has 4 atom stereocenters. The minimum absolute atomic E-state index is 0. The van der Waals surface area contributed by atoms with E-state index in [2.05, 4.69) is 25.8 Å². The van der Waals surface area contributed by atoms with Crippen molar-refractivity contribution in [3.63, 3.8) is 0 Å². The Morgan fingerprint density at radius 3 is 2.65 bits per heavy atom. The molecule has 8 rings (SSSR count). The molecule has 1 saturated carbocycles. The van der Waals surface area contributed by atoms with Gasteiger partial charge in [-0.05, 0) is 43.1 Å². The standard InChI is InChI=1S/C25H17F4N5O2.C7H11FN.U/c1-2-12-16-10(7-15(26)17(12)27)6-11(30)8-13(16)20-18(28)21-14(9-31-20)24(33-25(35)32-21)34-4-3-5-36-23-19(29)22(23)34;8-6-4-7-2-1-3-9(7)5-6;/h1,6-9,19,22-23H,3-5,30H2,(H,32,33,35);6H,1-5H2;/q;-1;/t19-,22+,23-;6-;/m01./s1. The van der Waals surface area contributed by atoms with Gasteiger partial charge < -0.3 is 25.4 Å². The molecular weight excluding hydrogens is 833 g/mol. The Morgan fingerprint density at radius 2 is 1.89 bits per heavy atom. The molecule has 1 aliphatic carbocycles. The molecule has 2 aromatic heterocycles. The zero-order valence-corrected chi connectivity index (χ0v) is 28.6. The summed E-state index contributed by atoms with van der Waals surface area (Å²) in [6.07, 6.45) is 8.01. The van der Waals surface area contributed by atoms with Gasteiger partial charge in [-0.2, -0.15) is 16.4 Å². The van der Waals surface area contributed by atoms with Crippen LogP contribution < -0.4 is 10.6 Å². The number of nitrogens with two attached hydrogens (primary N) is 1. The molecular formula is C32H28F5N6O2U-. The number of ether oxygens (including phenoxy) is 1. The summed E-state index contributed by atoms with van der Waals surface area (Å²) in [6.45, 7) is 2.51. The van der Waals surface area contributed by atoms with Gasteiger partial charge in [-0.3, -0.25) is 4.98 Å². The number of halogens is 5. The van der Waals surface area contributed by atoms with E-state index in [9.17, 15) is 22.7 Å².